The van der Waals surface area contributed by atoms with Crippen LogP contribution >= 0.6 is 0 Å². The number of hydrogen-bond donors (Lipinski definition) is 1. The molecule has 2 aromatic heterocycles. The normalized spacial score (nSPS) is 11.6. The summed E-state index contributed by atoms with van der Waals surface area (Å²) in [6, 6.07) is 4.14. The zero-order valence-electron chi connectivity index (χ0n) is 16.1. The first-order valence-corrected chi connectivity index (χ1v) is 8.77. The summed E-state index contributed by atoms with van der Waals surface area (Å²) in [6.45, 7) is -0.472. The molecule has 0 fully saturated rings. The third-order valence-corrected chi connectivity index (χ3v) is 4.38. The summed E-state index contributed by atoms with van der Waals surface area (Å²) in [7, 11) is 3.05. The summed E-state index contributed by atoms with van der Waals surface area (Å²) < 4.78 is 46.3. The van der Waals surface area contributed by atoms with E-state index in [2.05, 4.69) is 10.3 Å². The summed E-state index contributed by atoms with van der Waals surface area (Å²) >= 11 is 0. The second-order valence-corrected chi connectivity index (χ2v) is 6.48. The summed E-state index contributed by atoms with van der Waals surface area (Å²) in [5.41, 5.74) is -1.70. The first-order valence-electron chi connectivity index (χ1n) is 8.77. The maximum absolute atomic E-state index is 12.5. The van der Waals surface area contributed by atoms with Crippen LogP contribution in [0.3, 0.4) is 0 Å². The quantitative estimate of drug-likeness (QED) is 0.585. The summed E-state index contributed by atoms with van der Waals surface area (Å²) in [5, 5.41) is 2.49. The highest BCUT2D eigenvalue weighted by Gasteiger charge is 2.30. The number of benzene rings is 1. The van der Waals surface area contributed by atoms with Crippen molar-refractivity contribution in [3.8, 4) is 5.75 Å². The smallest absolute Gasteiger partial charge is 0.416 e. The molecule has 0 atom stereocenters. The van der Waals surface area contributed by atoms with Crippen LogP contribution in [0.1, 0.15) is 5.56 Å². The van der Waals surface area contributed by atoms with Crippen LogP contribution < -0.4 is 21.3 Å². The molecule has 0 radical (unpaired) electrons. The fraction of sp³-hybridized carbons (Fsp3) is 0.333. The molecule has 0 aliphatic rings. The Bertz CT molecular complexity index is 1190. The lowest BCUT2D eigenvalue weighted by Crippen LogP contribution is -2.44. The molecule has 12 heteroatoms. The van der Waals surface area contributed by atoms with Crippen molar-refractivity contribution in [1.29, 1.82) is 0 Å². The van der Waals surface area contributed by atoms with Crippen molar-refractivity contribution in [2.75, 3.05) is 13.2 Å². The number of aromatic nitrogens is 4. The lowest BCUT2D eigenvalue weighted by molar-refractivity contribution is -0.137. The van der Waals surface area contributed by atoms with Crippen molar-refractivity contribution in [3.05, 3.63) is 57.0 Å². The Labute approximate surface area is 167 Å². The minimum atomic E-state index is -4.43. The van der Waals surface area contributed by atoms with Crippen LogP contribution in [0, 0.1) is 0 Å². The van der Waals surface area contributed by atoms with Crippen LogP contribution in [-0.2, 0) is 31.6 Å². The SMILES string of the molecule is Cn1cnc2c1c(=O)n(CC(=O)NCCOc1ccc(C(F)(F)F)cc1)c(=O)n2C. The molecule has 0 aliphatic heterocycles. The van der Waals surface area contributed by atoms with Crippen molar-refractivity contribution < 1.29 is 22.7 Å². The minimum absolute atomic E-state index is 0.00915. The number of carbonyl (C=O) groups is 1. The van der Waals surface area contributed by atoms with Crippen molar-refractivity contribution in [3.63, 3.8) is 0 Å². The van der Waals surface area contributed by atoms with Gasteiger partial charge in [-0.15, -0.1) is 0 Å². The molecule has 9 nitrogen and oxygen atoms in total. The van der Waals surface area contributed by atoms with Gasteiger partial charge in [0.1, 0.15) is 18.9 Å². The number of nitrogens with one attached hydrogen (secondary N) is 1. The van der Waals surface area contributed by atoms with Gasteiger partial charge in [0, 0.05) is 14.1 Å². The molecule has 3 aromatic rings. The van der Waals surface area contributed by atoms with Gasteiger partial charge in [-0.05, 0) is 24.3 Å². The van der Waals surface area contributed by atoms with Crippen molar-refractivity contribution in [2.24, 2.45) is 14.1 Å². The Kier molecular flexibility index (Phi) is 5.67. The third kappa shape index (κ3) is 4.21. The number of amides is 1. The topological polar surface area (TPSA) is 100 Å². The maximum Gasteiger partial charge on any atom is 0.416 e. The van der Waals surface area contributed by atoms with E-state index in [0.717, 1.165) is 16.7 Å². The average molecular weight is 425 g/mol. The largest absolute Gasteiger partial charge is 0.492 e. The average Bonchev–Trinajstić information content (AvgIpc) is 3.08. The van der Waals surface area contributed by atoms with E-state index in [1.54, 1.807) is 7.05 Å². The molecule has 0 saturated heterocycles. The molecular weight excluding hydrogens is 407 g/mol. The van der Waals surface area contributed by atoms with Gasteiger partial charge in [0.25, 0.3) is 5.56 Å². The van der Waals surface area contributed by atoms with Gasteiger partial charge >= 0.3 is 11.9 Å². The zero-order valence-corrected chi connectivity index (χ0v) is 16.1. The van der Waals surface area contributed by atoms with Gasteiger partial charge in [0.05, 0.1) is 18.4 Å². The predicted octanol–water partition coefficient (Wildman–Crippen LogP) is 0.648. The first-order chi connectivity index (χ1) is 14.1. The standard InChI is InChI=1S/C18H18F3N5O4/c1-24-10-23-15-14(24)16(28)26(17(29)25(15)2)9-13(27)22-7-8-30-12-5-3-11(4-6-12)18(19,20)21/h3-6,10H,7-9H2,1-2H3,(H,22,27). The Morgan fingerprint density at radius 2 is 1.83 bits per heavy atom. The van der Waals surface area contributed by atoms with Crippen LogP contribution in [0.15, 0.2) is 40.2 Å². The van der Waals surface area contributed by atoms with Crippen LogP contribution in [0.25, 0.3) is 11.2 Å². The van der Waals surface area contributed by atoms with Gasteiger partial charge in [-0.3, -0.25) is 14.2 Å². The first kappa shape index (κ1) is 21.1. The van der Waals surface area contributed by atoms with E-state index in [1.165, 1.54) is 34.6 Å². The molecule has 160 valence electrons. The Balaban J connectivity index is 1.59. The molecule has 0 spiro atoms. The number of nitrogens with zero attached hydrogens (tertiary/aromatic N) is 4. The van der Waals surface area contributed by atoms with Gasteiger partial charge in [0.2, 0.25) is 5.91 Å². The van der Waals surface area contributed by atoms with E-state index in [-0.39, 0.29) is 30.1 Å². The molecule has 1 amide bonds. The molecular formula is C18H18F3N5O4. The van der Waals surface area contributed by atoms with E-state index in [1.807, 2.05) is 0 Å². The highest BCUT2D eigenvalue weighted by atomic mass is 19.4. The van der Waals surface area contributed by atoms with Gasteiger partial charge in [-0.25, -0.2) is 14.3 Å². The van der Waals surface area contributed by atoms with Gasteiger partial charge < -0.3 is 14.6 Å². The molecule has 1 N–H and O–H groups in total. The molecule has 1 aromatic carbocycles. The fourth-order valence-corrected chi connectivity index (χ4v) is 2.83. The molecule has 30 heavy (non-hydrogen) atoms. The van der Waals surface area contributed by atoms with Crippen LogP contribution in [0.2, 0.25) is 0 Å². The van der Waals surface area contributed by atoms with Crippen LogP contribution in [-0.4, -0.2) is 37.7 Å². The number of rotatable bonds is 6. The molecule has 0 unspecified atom stereocenters. The van der Waals surface area contributed by atoms with Gasteiger partial charge in [-0.1, -0.05) is 0 Å². The van der Waals surface area contributed by atoms with E-state index >= 15 is 0 Å². The second kappa shape index (κ2) is 8.05. The number of hydrogen-bond acceptors (Lipinski definition) is 5. The van der Waals surface area contributed by atoms with Crippen LogP contribution in [0.5, 0.6) is 5.75 Å². The molecule has 0 saturated carbocycles. The number of fused-ring (bicyclic) bond motifs is 1. The Hall–Kier alpha value is -3.57. The molecule has 2 heterocycles. The monoisotopic (exact) mass is 425 g/mol. The maximum atomic E-state index is 12.5. The van der Waals surface area contributed by atoms with E-state index in [9.17, 15) is 27.6 Å². The Morgan fingerprint density at radius 3 is 2.47 bits per heavy atom. The van der Waals surface area contributed by atoms with Gasteiger partial charge in [-0.2, -0.15) is 13.2 Å². The van der Waals surface area contributed by atoms with E-state index in [4.69, 9.17) is 4.74 Å². The molecule has 0 aliphatic carbocycles. The lowest BCUT2D eigenvalue weighted by atomic mass is 10.2. The van der Waals surface area contributed by atoms with Crippen LogP contribution in [0.4, 0.5) is 13.2 Å². The number of imidazole rings is 1. The summed E-state index contributed by atoms with van der Waals surface area (Å²) in [6.07, 6.45) is -3.03. The van der Waals surface area contributed by atoms with Crippen molar-refractivity contribution in [2.45, 2.75) is 12.7 Å². The molecule has 3 rings (SSSR count). The fourth-order valence-electron chi connectivity index (χ4n) is 2.83. The van der Waals surface area contributed by atoms with Crippen molar-refractivity contribution >= 4 is 17.1 Å². The van der Waals surface area contributed by atoms with Crippen molar-refractivity contribution in [1.82, 2.24) is 24.0 Å². The Morgan fingerprint density at radius 1 is 1.17 bits per heavy atom. The number of carbonyl (C=O) groups excluding carboxylic acids is 1. The highest BCUT2D eigenvalue weighted by molar-refractivity contribution is 5.76. The minimum Gasteiger partial charge on any atom is -0.492 e. The number of aryl methyl sites for hydroxylation is 2. The predicted molar refractivity (Wildman–Crippen MR) is 100 cm³/mol. The summed E-state index contributed by atoms with van der Waals surface area (Å²) in [5.74, 6) is -0.379. The lowest BCUT2D eigenvalue weighted by Gasteiger charge is -2.11. The van der Waals surface area contributed by atoms with E-state index < -0.39 is 35.4 Å². The number of ether oxygens (including phenoxy) is 1. The van der Waals surface area contributed by atoms with Gasteiger partial charge in [0.15, 0.2) is 11.2 Å². The molecule has 0 bridgehead atoms. The summed E-state index contributed by atoms with van der Waals surface area (Å²) in [4.78, 5) is 41.0. The second-order valence-electron chi connectivity index (χ2n) is 6.48. The third-order valence-electron chi connectivity index (χ3n) is 4.38. The highest BCUT2D eigenvalue weighted by Crippen LogP contribution is 2.30. The number of alkyl halides is 3. The van der Waals surface area contributed by atoms with E-state index in [0.29, 0.717) is 0 Å². The number of halogens is 3. The zero-order chi connectivity index (χ0) is 22.1.